The van der Waals surface area contributed by atoms with Gasteiger partial charge < -0.3 is 15.2 Å². The standard InChI is InChI=1S/C15H17F2N3O3/c16-13-3-2-12(8-14(13)17)23-10-11(21)9-18-15(22)4-7-20-6-1-5-19-20/h1-3,5-6,8,11,21H,4,7,9-10H2,(H,18,22). The van der Waals surface area contributed by atoms with Gasteiger partial charge in [-0.3, -0.25) is 9.48 Å². The smallest absolute Gasteiger partial charge is 0.221 e. The molecule has 23 heavy (non-hydrogen) atoms. The topological polar surface area (TPSA) is 76.4 Å². The minimum atomic E-state index is -1.02. The van der Waals surface area contributed by atoms with E-state index in [1.807, 2.05) is 0 Å². The summed E-state index contributed by atoms with van der Waals surface area (Å²) < 4.78 is 32.5. The number of carbonyl (C=O) groups excluding carboxylic acids is 1. The minimum Gasteiger partial charge on any atom is -0.491 e. The van der Waals surface area contributed by atoms with Crippen molar-refractivity contribution in [3.05, 3.63) is 48.3 Å². The van der Waals surface area contributed by atoms with E-state index in [9.17, 15) is 18.7 Å². The Hall–Kier alpha value is -2.48. The first-order chi connectivity index (χ1) is 11.0. The number of nitrogens with zero attached hydrogens (tertiary/aromatic N) is 2. The molecule has 0 saturated carbocycles. The van der Waals surface area contributed by atoms with Gasteiger partial charge in [-0.2, -0.15) is 5.10 Å². The molecule has 6 nitrogen and oxygen atoms in total. The van der Waals surface area contributed by atoms with E-state index in [2.05, 4.69) is 10.4 Å². The molecule has 0 saturated heterocycles. The number of hydrogen-bond acceptors (Lipinski definition) is 4. The van der Waals surface area contributed by atoms with E-state index < -0.39 is 17.7 Å². The molecule has 1 atom stereocenters. The van der Waals surface area contributed by atoms with Crippen molar-refractivity contribution >= 4 is 5.91 Å². The van der Waals surface area contributed by atoms with Crippen LogP contribution in [0.2, 0.25) is 0 Å². The number of aryl methyl sites for hydroxylation is 1. The second kappa shape index (κ2) is 8.23. The van der Waals surface area contributed by atoms with Gasteiger partial charge in [-0.15, -0.1) is 0 Å². The van der Waals surface area contributed by atoms with Gasteiger partial charge >= 0.3 is 0 Å². The van der Waals surface area contributed by atoms with Crippen molar-refractivity contribution < 1.29 is 23.4 Å². The largest absolute Gasteiger partial charge is 0.491 e. The lowest BCUT2D eigenvalue weighted by atomic mass is 10.3. The summed E-state index contributed by atoms with van der Waals surface area (Å²) in [4.78, 5) is 11.6. The van der Waals surface area contributed by atoms with Crippen molar-refractivity contribution in [1.29, 1.82) is 0 Å². The van der Waals surface area contributed by atoms with E-state index >= 15 is 0 Å². The van der Waals surface area contributed by atoms with E-state index in [0.29, 0.717) is 6.54 Å². The van der Waals surface area contributed by atoms with Crippen LogP contribution in [-0.2, 0) is 11.3 Å². The van der Waals surface area contributed by atoms with Gasteiger partial charge in [-0.05, 0) is 18.2 Å². The Balaban J connectivity index is 1.65. The van der Waals surface area contributed by atoms with Gasteiger partial charge in [0.25, 0.3) is 0 Å². The molecule has 0 radical (unpaired) electrons. The van der Waals surface area contributed by atoms with Crippen LogP contribution in [-0.4, -0.2) is 40.0 Å². The molecule has 1 aromatic carbocycles. The third kappa shape index (κ3) is 5.67. The third-order valence-corrected chi connectivity index (χ3v) is 3.00. The van der Waals surface area contributed by atoms with Crippen molar-refractivity contribution in [1.82, 2.24) is 15.1 Å². The molecule has 1 heterocycles. The van der Waals surface area contributed by atoms with Crippen LogP contribution in [0.25, 0.3) is 0 Å². The molecule has 1 amide bonds. The van der Waals surface area contributed by atoms with E-state index in [1.165, 1.54) is 6.07 Å². The van der Waals surface area contributed by atoms with Crippen molar-refractivity contribution in [2.45, 2.75) is 19.1 Å². The lowest BCUT2D eigenvalue weighted by molar-refractivity contribution is -0.121. The zero-order valence-corrected chi connectivity index (χ0v) is 12.3. The maximum absolute atomic E-state index is 13.0. The monoisotopic (exact) mass is 325 g/mol. The number of rotatable bonds is 8. The molecule has 0 aliphatic heterocycles. The molecule has 0 aliphatic rings. The molecule has 2 N–H and O–H groups in total. The first-order valence-corrected chi connectivity index (χ1v) is 7.04. The Morgan fingerprint density at radius 2 is 2.22 bits per heavy atom. The molecular formula is C15H17F2N3O3. The quantitative estimate of drug-likeness (QED) is 0.762. The van der Waals surface area contributed by atoms with Gasteiger partial charge in [-0.25, -0.2) is 8.78 Å². The van der Waals surface area contributed by atoms with Crippen LogP contribution in [0.5, 0.6) is 5.75 Å². The van der Waals surface area contributed by atoms with Crippen LogP contribution >= 0.6 is 0 Å². The predicted octanol–water partition coefficient (Wildman–Crippen LogP) is 1.11. The molecule has 0 aliphatic carbocycles. The van der Waals surface area contributed by atoms with Gasteiger partial charge in [0.15, 0.2) is 11.6 Å². The highest BCUT2D eigenvalue weighted by molar-refractivity contribution is 5.75. The SMILES string of the molecule is O=C(CCn1cccn1)NCC(O)COc1ccc(F)c(F)c1. The van der Waals surface area contributed by atoms with Gasteiger partial charge in [0.05, 0.1) is 0 Å². The highest BCUT2D eigenvalue weighted by Crippen LogP contribution is 2.15. The Morgan fingerprint density at radius 3 is 2.91 bits per heavy atom. The van der Waals surface area contributed by atoms with Crippen molar-refractivity contribution in [2.75, 3.05) is 13.2 Å². The van der Waals surface area contributed by atoms with Crippen molar-refractivity contribution in [2.24, 2.45) is 0 Å². The van der Waals surface area contributed by atoms with Crippen molar-refractivity contribution in [3.63, 3.8) is 0 Å². The first-order valence-electron chi connectivity index (χ1n) is 7.04. The predicted molar refractivity (Wildman–Crippen MR) is 77.7 cm³/mol. The molecule has 1 aromatic heterocycles. The lowest BCUT2D eigenvalue weighted by Gasteiger charge is -2.13. The molecule has 0 bridgehead atoms. The molecule has 0 fully saturated rings. The summed E-state index contributed by atoms with van der Waals surface area (Å²) in [6.45, 7) is 0.298. The number of hydrogen-bond donors (Lipinski definition) is 2. The molecule has 124 valence electrons. The number of halogens is 2. The lowest BCUT2D eigenvalue weighted by Crippen LogP contribution is -2.35. The summed E-state index contributed by atoms with van der Waals surface area (Å²) in [5.41, 5.74) is 0. The van der Waals surface area contributed by atoms with Crippen LogP contribution in [0.1, 0.15) is 6.42 Å². The average molecular weight is 325 g/mol. The minimum absolute atomic E-state index is 0.00160. The number of aliphatic hydroxyl groups is 1. The summed E-state index contributed by atoms with van der Waals surface area (Å²) in [6, 6.07) is 4.85. The fourth-order valence-corrected chi connectivity index (χ4v) is 1.79. The Kier molecular flexibility index (Phi) is 6.04. The number of amides is 1. The fraction of sp³-hybridized carbons (Fsp3) is 0.333. The number of aromatic nitrogens is 2. The maximum atomic E-state index is 13.0. The Bertz CT molecular complexity index is 635. The maximum Gasteiger partial charge on any atom is 0.221 e. The third-order valence-electron chi connectivity index (χ3n) is 3.00. The second-order valence-corrected chi connectivity index (χ2v) is 4.86. The molecule has 2 aromatic rings. The average Bonchev–Trinajstić information content (AvgIpc) is 3.05. The molecule has 8 heteroatoms. The summed E-state index contributed by atoms with van der Waals surface area (Å²) in [5, 5.41) is 16.2. The summed E-state index contributed by atoms with van der Waals surface area (Å²) in [7, 11) is 0. The molecule has 2 rings (SSSR count). The number of benzene rings is 1. The second-order valence-electron chi connectivity index (χ2n) is 4.86. The van der Waals surface area contributed by atoms with E-state index in [1.54, 1.807) is 23.1 Å². The molecule has 1 unspecified atom stereocenters. The highest BCUT2D eigenvalue weighted by atomic mass is 19.2. The molecular weight excluding hydrogens is 308 g/mol. The first kappa shape index (κ1) is 16.9. The zero-order chi connectivity index (χ0) is 16.7. The highest BCUT2D eigenvalue weighted by Gasteiger charge is 2.09. The van der Waals surface area contributed by atoms with Crippen LogP contribution in [0.3, 0.4) is 0 Å². The number of ether oxygens (including phenoxy) is 1. The van der Waals surface area contributed by atoms with Gasteiger partial charge in [0.2, 0.25) is 5.91 Å². The van der Waals surface area contributed by atoms with E-state index in [0.717, 1.165) is 12.1 Å². The summed E-state index contributed by atoms with van der Waals surface area (Å²) in [6.07, 6.45) is 2.64. The number of nitrogens with one attached hydrogen (secondary N) is 1. The zero-order valence-electron chi connectivity index (χ0n) is 12.3. The Labute approximate surface area is 131 Å². The van der Waals surface area contributed by atoms with Crippen LogP contribution in [0.4, 0.5) is 8.78 Å². The van der Waals surface area contributed by atoms with E-state index in [4.69, 9.17) is 4.74 Å². The number of carbonyl (C=O) groups is 1. The summed E-state index contributed by atoms with van der Waals surface area (Å²) in [5.74, 6) is -2.12. The van der Waals surface area contributed by atoms with Gasteiger partial charge in [0, 0.05) is 38.0 Å². The van der Waals surface area contributed by atoms with Crippen LogP contribution in [0, 0.1) is 11.6 Å². The normalized spacial score (nSPS) is 12.0. The number of aliphatic hydroxyl groups excluding tert-OH is 1. The van der Waals surface area contributed by atoms with Crippen LogP contribution in [0.15, 0.2) is 36.7 Å². The van der Waals surface area contributed by atoms with Gasteiger partial charge in [-0.1, -0.05) is 0 Å². The van der Waals surface area contributed by atoms with E-state index in [-0.39, 0.29) is 31.2 Å². The summed E-state index contributed by atoms with van der Waals surface area (Å²) >= 11 is 0. The van der Waals surface area contributed by atoms with Crippen molar-refractivity contribution in [3.8, 4) is 5.75 Å². The Morgan fingerprint density at radius 1 is 1.39 bits per heavy atom. The fourth-order valence-electron chi connectivity index (χ4n) is 1.79. The van der Waals surface area contributed by atoms with Crippen LogP contribution < -0.4 is 10.1 Å². The molecule has 0 spiro atoms. The van der Waals surface area contributed by atoms with Gasteiger partial charge in [0.1, 0.15) is 18.5 Å².